The van der Waals surface area contributed by atoms with Gasteiger partial charge in [0.25, 0.3) is 5.69 Å². The van der Waals surface area contributed by atoms with Gasteiger partial charge in [0.2, 0.25) is 10.0 Å². The Balaban J connectivity index is 2.07. The van der Waals surface area contributed by atoms with E-state index in [-0.39, 0.29) is 23.7 Å². The van der Waals surface area contributed by atoms with Crippen molar-refractivity contribution in [3.63, 3.8) is 0 Å². The lowest BCUT2D eigenvalue weighted by Crippen LogP contribution is -2.31. The number of aryl methyl sites for hydroxylation is 1. The van der Waals surface area contributed by atoms with Crippen LogP contribution >= 0.6 is 0 Å². The molecular weight excluding hydrogens is 351 g/mol. The summed E-state index contributed by atoms with van der Waals surface area (Å²) in [5, 5.41) is 11.0. The minimum Gasteiger partial charge on any atom is -0.492 e. The van der Waals surface area contributed by atoms with Crippen LogP contribution in [0.4, 0.5) is 10.1 Å². The van der Waals surface area contributed by atoms with Gasteiger partial charge in [-0.3, -0.25) is 10.1 Å². The second-order valence-electron chi connectivity index (χ2n) is 5.33. The Labute approximate surface area is 144 Å². The lowest BCUT2D eigenvalue weighted by Gasteiger charge is -2.17. The molecule has 0 unspecified atom stereocenters. The third-order valence-electron chi connectivity index (χ3n) is 3.57. The summed E-state index contributed by atoms with van der Waals surface area (Å²) in [5.74, 6) is 0.0196. The van der Waals surface area contributed by atoms with E-state index in [1.165, 1.54) is 50.4 Å². The van der Waals surface area contributed by atoms with E-state index in [9.17, 15) is 22.9 Å². The minimum atomic E-state index is -3.88. The van der Waals surface area contributed by atoms with Gasteiger partial charge in [-0.1, -0.05) is 6.07 Å². The summed E-state index contributed by atoms with van der Waals surface area (Å²) in [4.78, 5) is 10.2. The zero-order valence-electron chi connectivity index (χ0n) is 13.7. The topological polar surface area (TPSA) is 89.8 Å². The van der Waals surface area contributed by atoms with Gasteiger partial charge < -0.3 is 4.74 Å². The van der Waals surface area contributed by atoms with Crippen LogP contribution in [0.1, 0.15) is 5.56 Å². The number of halogens is 1. The molecule has 9 heteroatoms. The van der Waals surface area contributed by atoms with Gasteiger partial charge in [-0.05, 0) is 37.3 Å². The van der Waals surface area contributed by atoms with E-state index in [4.69, 9.17) is 4.74 Å². The van der Waals surface area contributed by atoms with Gasteiger partial charge in [0.05, 0.1) is 9.82 Å². The molecular formula is C16H17FN2O5S. The number of nitrogens with zero attached hydrogens (tertiary/aromatic N) is 2. The molecule has 2 aromatic rings. The minimum absolute atomic E-state index is 0.0292. The average molecular weight is 368 g/mol. The Morgan fingerprint density at radius 2 is 1.84 bits per heavy atom. The van der Waals surface area contributed by atoms with E-state index < -0.39 is 20.8 Å². The molecule has 0 saturated carbocycles. The van der Waals surface area contributed by atoms with Gasteiger partial charge >= 0.3 is 0 Å². The molecule has 0 atom stereocenters. The first-order valence-electron chi connectivity index (χ1n) is 7.31. The molecule has 134 valence electrons. The molecule has 0 saturated heterocycles. The van der Waals surface area contributed by atoms with Gasteiger partial charge in [-0.2, -0.15) is 4.31 Å². The number of hydrogen-bond donors (Lipinski definition) is 0. The monoisotopic (exact) mass is 368 g/mol. The highest BCUT2D eigenvalue weighted by Gasteiger charge is 2.24. The van der Waals surface area contributed by atoms with Crippen LogP contribution < -0.4 is 4.74 Å². The van der Waals surface area contributed by atoms with Crippen molar-refractivity contribution in [3.8, 4) is 5.75 Å². The molecule has 0 aliphatic rings. The second-order valence-corrected chi connectivity index (χ2v) is 7.38. The largest absolute Gasteiger partial charge is 0.492 e. The molecule has 0 amide bonds. The molecule has 0 N–H and O–H groups in total. The number of likely N-dealkylation sites (N-methyl/N-ethyl adjacent to an activating group) is 1. The fraction of sp³-hybridized carbons (Fsp3) is 0.250. The summed E-state index contributed by atoms with van der Waals surface area (Å²) in [6.45, 7) is 1.62. The highest BCUT2D eigenvalue weighted by molar-refractivity contribution is 7.89. The highest BCUT2D eigenvalue weighted by atomic mass is 32.2. The molecule has 0 aliphatic carbocycles. The third-order valence-corrected chi connectivity index (χ3v) is 5.43. The predicted octanol–water partition coefficient (Wildman–Crippen LogP) is 2.74. The van der Waals surface area contributed by atoms with Crippen molar-refractivity contribution in [3.05, 3.63) is 64.0 Å². The molecule has 7 nitrogen and oxygen atoms in total. The fourth-order valence-electron chi connectivity index (χ4n) is 2.07. The molecule has 0 spiro atoms. The van der Waals surface area contributed by atoms with E-state index in [1.807, 2.05) is 0 Å². The Morgan fingerprint density at radius 1 is 1.20 bits per heavy atom. The van der Waals surface area contributed by atoms with Crippen molar-refractivity contribution in [2.75, 3.05) is 20.2 Å². The van der Waals surface area contributed by atoms with Crippen molar-refractivity contribution >= 4 is 15.7 Å². The Kier molecular flexibility index (Phi) is 5.70. The smallest absolute Gasteiger partial charge is 0.273 e. The maximum absolute atomic E-state index is 12.8. The van der Waals surface area contributed by atoms with Crippen LogP contribution in [0.5, 0.6) is 5.75 Å². The Morgan fingerprint density at radius 3 is 2.44 bits per heavy atom. The van der Waals surface area contributed by atoms with Gasteiger partial charge in [-0.15, -0.1) is 0 Å². The normalized spacial score (nSPS) is 11.5. The number of nitro benzene ring substituents is 1. The second kappa shape index (κ2) is 7.58. The summed E-state index contributed by atoms with van der Waals surface area (Å²) in [6.07, 6.45) is 0. The number of sulfonamides is 1. The number of rotatable bonds is 7. The van der Waals surface area contributed by atoms with E-state index in [1.54, 1.807) is 0 Å². The fourth-order valence-corrected chi connectivity index (χ4v) is 3.24. The van der Waals surface area contributed by atoms with Gasteiger partial charge in [0.1, 0.15) is 18.2 Å². The molecule has 2 rings (SSSR count). The van der Waals surface area contributed by atoms with E-state index in [2.05, 4.69) is 0 Å². The van der Waals surface area contributed by atoms with E-state index in [0.29, 0.717) is 11.3 Å². The molecule has 25 heavy (non-hydrogen) atoms. The van der Waals surface area contributed by atoms with Crippen molar-refractivity contribution < 1.29 is 22.5 Å². The first-order valence-corrected chi connectivity index (χ1v) is 8.75. The Hall–Kier alpha value is -2.52. The van der Waals surface area contributed by atoms with Crippen molar-refractivity contribution in [2.45, 2.75) is 11.8 Å². The highest BCUT2D eigenvalue weighted by Crippen LogP contribution is 2.24. The average Bonchev–Trinajstić information content (AvgIpc) is 2.56. The van der Waals surface area contributed by atoms with Crippen LogP contribution in [0.3, 0.4) is 0 Å². The number of ether oxygens (including phenoxy) is 1. The quantitative estimate of drug-likeness (QED) is 0.554. The van der Waals surface area contributed by atoms with E-state index >= 15 is 0 Å². The molecule has 0 aliphatic heterocycles. The number of benzene rings is 2. The summed E-state index contributed by atoms with van der Waals surface area (Å²) in [5.41, 5.74) is 0.128. The summed E-state index contributed by atoms with van der Waals surface area (Å²) in [6, 6.07) is 9.12. The van der Waals surface area contributed by atoms with E-state index in [0.717, 1.165) is 10.4 Å². The summed E-state index contributed by atoms with van der Waals surface area (Å²) in [7, 11) is -2.53. The number of nitro groups is 1. The Bertz CT molecular complexity index is 869. The maximum Gasteiger partial charge on any atom is 0.273 e. The summed E-state index contributed by atoms with van der Waals surface area (Å²) < 4.78 is 44.2. The van der Waals surface area contributed by atoms with Crippen LogP contribution in [-0.2, 0) is 10.0 Å². The van der Waals surface area contributed by atoms with Gasteiger partial charge in [0.15, 0.2) is 0 Å². The lowest BCUT2D eigenvalue weighted by atomic mass is 10.2. The zero-order valence-corrected chi connectivity index (χ0v) is 14.5. The molecule has 0 radical (unpaired) electrons. The van der Waals surface area contributed by atoms with Crippen LogP contribution in [-0.4, -0.2) is 37.8 Å². The molecule has 0 bridgehead atoms. The van der Waals surface area contributed by atoms with Crippen molar-refractivity contribution in [1.29, 1.82) is 0 Å². The molecule has 2 aromatic carbocycles. The molecule has 0 heterocycles. The number of hydrogen-bond acceptors (Lipinski definition) is 5. The maximum atomic E-state index is 12.8. The van der Waals surface area contributed by atoms with Crippen LogP contribution in [0.25, 0.3) is 0 Å². The molecule has 0 fully saturated rings. The third kappa shape index (κ3) is 4.52. The van der Waals surface area contributed by atoms with Crippen LogP contribution in [0.15, 0.2) is 47.4 Å². The van der Waals surface area contributed by atoms with Crippen molar-refractivity contribution in [2.24, 2.45) is 0 Å². The van der Waals surface area contributed by atoms with Crippen molar-refractivity contribution in [1.82, 2.24) is 4.31 Å². The first kappa shape index (κ1) is 18.8. The lowest BCUT2D eigenvalue weighted by molar-refractivity contribution is -0.385. The summed E-state index contributed by atoms with van der Waals surface area (Å²) >= 11 is 0. The van der Waals surface area contributed by atoms with Crippen LogP contribution in [0, 0.1) is 22.9 Å². The zero-order chi connectivity index (χ0) is 18.6. The molecule has 0 aromatic heterocycles. The standard InChI is InChI=1S/C16H17FN2O5S/c1-12-3-8-15(11-16(12)19(20)21)25(22,23)18(2)9-10-24-14-6-4-13(17)5-7-14/h3-8,11H,9-10H2,1-2H3. The predicted molar refractivity (Wildman–Crippen MR) is 89.5 cm³/mol. The first-order chi connectivity index (χ1) is 11.7. The SMILES string of the molecule is Cc1ccc(S(=O)(=O)N(C)CCOc2ccc(F)cc2)cc1[N+](=O)[O-]. The van der Waals surface area contributed by atoms with Crippen LogP contribution in [0.2, 0.25) is 0 Å². The van der Waals surface area contributed by atoms with Gasteiger partial charge in [-0.25, -0.2) is 12.8 Å². The van der Waals surface area contributed by atoms with Gasteiger partial charge in [0, 0.05) is 25.2 Å².